The minimum absolute atomic E-state index is 0.0613. The van der Waals surface area contributed by atoms with Gasteiger partial charge < -0.3 is 20.3 Å². The van der Waals surface area contributed by atoms with Gasteiger partial charge in [-0.25, -0.2) is 0 Å². The summed E-state index contributed by atoms with van der Waals surface area (Å²) in [5.41, 5.74) is 0.115. The molecule has 0 radical (unpaired) electrons. The lowest BCUT2D eigenvalue weighted by molar-refractivity contribution is -0.147. The van der Waals surface area contributed by atoms with Gasteiger partial charge in [-0.1, -0.05) is 0 Å². The zero-order valence-electron chi connectivity index (χ0n) is 16.8. The number of nitrogens with zero attached hydrogens (tertiary/aromatic N) is 2. The Kier molecular flexibility index (Phi) is 6.35. The Bertz CT molecular complexity index is 888. The van der Waals surface area contributed by atoms with E-state index in [0.717, 1.165) is 24.9 Å². The number of anilines is 1. The van der Waals surface area contributed by atoms with Crippen molar-refractivity contribution in [2.75, 3.05) is 24.6 Å². The number of benzene rings is 1. The molecule has 0 unspecified atom stereocenters. The van der Waals surface area contributed by atoms with E-state index in [1.807, 2.05) is 0 Å². The van der Waals surface area contributed by atoms with Crippen LogP contribution >= 0.6 is 0 Å². The Morgan fingerprint density at radius 3 is 2.53 bits per heavy atom. The van der Waals surface area contributed by atoms with Crippen molar-refractivity contribution in [2.45, 2.75) is 38.1 Å². The molecule has 158 valence electrons. The highest BCUT2D eigenvalue weighted by atomic mass is 16.5. The van der Waals surface area contributed by atoms with Gasteiger partial charge in [-0.15, -0.1) is 0 Å². The zero-order chi connectivity index (χ0) is 21.7. The highest BCUT2D eigenvalue weighted by Crippen LogP contribution is 2.39. The van der Waals surface area contributed by atoms with E-state index in [0.29, 0.717) is 18.5 Å². The number of hydrogen-bond donors (Lipinski definition) is 2. The average Bonchev–Trinajstić information content (AvgIpc) is 3.52. The Balaban J connectivity index is 1.41. The first kappa shape index (κ1) is 21.3. The molecule has 1 aromatic carbocycles. The monoisotopic (exact) mass is 412 g/mol. The fraction of sp³-hybridized carbons (Fsp3) is 0.476. The van der Waals surface area contributed by atoms with Crippen LogP contribution in [0.15, 0.2) is 24.3 Å². The van der Waals surface area contributed by atoms with Crippen LogP contribution in [0.2, 0.25) is 0 Å². The number of amides is 3. The van der Waals surface area contributed by atoms with Crippen LogP contribution in [-0.4, -0.2) is 48.9 Å². The molecule has 1 aromatic rings. The molecule has 2 N–H and O–H groups in total. The van der Waals surface area contributed by atoms with Gasteiger partial charge in [0, 0.05) is 24.2 Å². The number of rotatable bonds is 8. The van der Waals surface area contributed by atoms with Crippen LogP contribution < -0.4 is 15.5 Å². The Morgan fingerprint density at radius 1 is 1.27 bits per heavy atom. The van der Waals surface area contributed by atoms with Crippen LogP contribution in [0, 0.1) is 17.2 Å². The van der Waals surface area contributed by atoms with Gasteiger partial charge in [-0.05, 0) is 56.4 Å². The van der Waals surface area contributed by atoms with E-state index >= 15 is 0 Å². The first-order valence-electron chi connectivity index (χ1n) is 9.89. The molecule has 2 aliphatic rings. The summed E-state index contributed by atoms with van der Waals surface area (Å²) in [6, 6.07) is 8.62. The predicted molar refractivity (Wildman–Crippen MR) is 106 cm³/mol. The zero-order valence-corrected chi connectivity index (χ0v) is 16.8. The van der Waals surface area contributed by atoms with E-state index in [4.69, 9.17) is 4.74 Å². The maximum absolute atomic E-state index is 12.2. The number of nitriles is 1. The van der Waals surface area contributed by atoms with Crippen LogP contribution in [0.4, 0.5) is 5.69 Å². The third kappa shape index (κ3) is 5.14. The second-order valence-electron chi connectivity index (χ2n) is 7.68. The van der Waals surface area contributed by atoms with Crippen molar-refractivity contribution in [1.29, 1.82) is 5.26 Å². The van der Waals surface area contributed by atoms with E-state index in [2.05, 4.69) is 16.7 Å². The standard InChI is InChI=1S/C21H24N4O5/c1-21(13-22,15-6-7-15)24-17(26)12-30-19(28)11-23-20(29)14-4-8-16(9-5-14)25-10-2-3-18(25)27/h4-5,8-9,15H,2-3,6-7,10-12H2,1H3,(H,23,29)(H,24,26)/t21-/m1/s1. The molecule has 1 atom stereocenters. The van der Waals surface area contributed by atoms with E-state index in [1.54, 1.807) is 36.1 Å². The minimum atomic E-state index is -0.955. The number of nitrogens with one attached hydrogen (secondary N) is 2. The maximum atomic E-state index is 12.2. The van der Waals surface area contributed by atoms with Gasteiger partial charge in [0.1, 0.15) is 12.1 Å². The molecule has 1 saturated carbocycles. The summed E-state index contributed by atoms with van der Waals surface area (Å²) in [7, 11) is 0. The van der Waals surface area contributed by atoms with Gasteiger partial charge in [0.15, 0.2) is 6.61 Å². The molecule has 1 saturated heterocycles. The van der Waals surface area contributed by atoms with Crippen molar-refractivity contribution in [3.63, 3.8) is 0 Å². The quantitative estimate of drug-likeness (QED) is 0.610. The van der Waals surface area contributed by atoms with Crippen LogP contribution in [0.3, 0.4) is 0 Å². The molecule has 2 fully saturated rings. The van der Waals surface area contributed by atoms with Crippen LogP contribution in [-0.2, 0) is 19.1 Å². The fourth-order valence-corrected chi connectivity index (χ4v) is 3.37. The molecule has 1 aliphatic carbocycles. The SMILES string of the molecule is C[C@](C#N)(NC(=O)COC(=O)CNC(=O)c1ccc(N2CCCC2=O)cc1)C1CC1. The second-order valence-corrected chi connectivity index (χ2v) is 7.68. The van der Waals surface area contributed by atoms with Crippen molar-refractivity contribution in [1.82, 2.24) is 10.6 Å². The third-order valence-corrected chi connectivity index (χ3v) is 5.30. The molecule has 9 heteroatoms. The molecule has 9 nitrogen and oxygen atoms in total. The first-order chi connectivity index (χ1) is 14.3. The highest BCUT2D eigenvalue weighted by Gasteiger charge is 2.43. The molecule has 1 heterocycles. The van der Waals surface area contributed by atoms with Crippen molar-refractivity contribution in [2.24, 2.45) is 5.92 Å². The van der Waals surface area contributed by atoms with E-state index in [1.165, 1.54) is 0 Å². The smallest absolute Gasteiger partial charge is 0.325 e. The van der Waals surface area contributed by atoms with Crippen molar-refractivity contribution >= 4 is 29.4 Å². The van der Waals surface area contributed by atoms with Crippen LogP contribution in [0.1, 0.15) is 43.0 Å². The minimum Gasteiger partial charge on any atom is -0.454 e. The summed E-state index contributed by atoms with van der Waals surface area (Å²) < 4.78 is 4.86. The van der Waals surface area contributed by atoms with Crippen LogP contribution in [0.25, 0.3) is 0 Å². The Morgan fingerprint density at radius 2 is 1.97 bits per heavy atom. The number of ether oxygens (including phenoxy) is 1. The normalized spacial score (nSPS) is 17.6. The van der Waals surface area contributed by atoms with Gasteiger partial charge >= 0.3 is 5.97 Å². The first-order valence-corrected chi connectivity index (χ1v) is 9.89. The van der Waals surface area contributed by atoms with Gasteiger partial charge in [0.2, 0.25) is 5.91 Å². The van der Waals surface area contributed by atoms with Crippen LogP contribution in [0.5, 0.6) is 0 Å². The number of carbonyl (C=O) groups is 4. The summed E-state index contributed by atoms with van der Waals surface area (Å²) in [5.74, 6) is -1.61. The third-order valence-electron chi connectivity index (χ3n) is 5.30. The molecule has 0 aromatic heterocycles. The molecule has 1 aliphatic heterocycles. The van der Waals surface area contributed by atoms with Crippen molar-refractivity contribution < 1.29 is 23.9 Å². The summed E-state index contributed by atoms with van der Waals surface area (Å²) in [4.78, 5) is 49.3. The summed E-state index contributed by atoms with van der Waals surface area (Å²) in [5, 5.41) is 14.2. The van der Waals surface area contributed by atoms with Gasteiger partial charge in [0.25, 0.3) is 11.8 Å². The average molecular weight is 412 g/mol. The summed E-state index contributed by atoms with van der Waals surface area (Å²) in [6.07, 6.45) is 3.10. The Labute approximate surface area is 174 Å². The summed E-state index contributed by atoms with van der Waals surface area (Å²) in [6.45, 7) is 1.40. The molecular weight excluding hydrogens is 388 g/mol. The Hall–Kier alpha value is -3.41. The van der Waals surface area contributed by atoms with E-state index in [9.17, 15) is 24.4 Å². The lowest BCUT2D eigenvalue weighted by atomic mass is 9.98. The lowest BCUT2D eigenvalue weighted by Gasteiger charge is -2.22. The largest absolute Gasteiger partial charge is 0.454 e. The number of esters is 1. The number of carbonyl (C=O) groups excluding carboxylic acids is 4. The van der Waals surface area contributed by atoms with Gasteiger partial charge in [0.05, 0.1) is 6.07 Å². The lowest BCUT2D eigenvalue weighted by Crippen LogP contribution is -2.48. The summed E-state index contributed by atoms with van der Waals surface area (Å²) >= 11 is 0. The highest BCUT2D eigenvalue weighted by molar-refractivity contribution is 5.98. The van der Waals surface area contributed by atoms with E-state index in [-0.39, 0.29) is 11.8 Å². The van der Waals surface area contributed by atoms with Gasteiger partial charge in [-0.2, -0.15) is 5.26 Å². The van der Waals surface area contributed by atoms with E-state index < -0.39 is 36.5 Å². The topological polar surface area (TPSA) is 129 Å². The van der Waals surface area contributed by atoms with Gasteiger partial charge in [-0.3, -0.25) is 19.2 Å². The molecule has 3 rings (SSSR count). The second kappa shape index (κ2) is 8.95. The number of hydrogen-bond acceptors (Lipinski definition) is 6. The molecular formula is C21H24N4O5. The maximum Gasteiger partial charge on any atom is 0.325 e. The molecule has 30 heavy (non-hydrogen) atoms. The molecule has 0 bridgehead atoms. The predicted octanol–water partition coefficient (Wildman–Crippen LogP) is 0.895. The van der Waals surface area contributed by atoms with Crippen molar-refractivity contribution in [3.05, 3.63) is 29.8 Å². The molecule has 3 amide bonds. The van der Waals surface area contributed by atoms with Crippen molar-refractivity contribution in [3.8, 4) is 6.07 Å². The fourth-order valence-electron chi connectivity index (χ4n) is 3.37. The molecule has 0 spiro atoms.